The van der Waals surface area contributed by atoms with Gasteiger partial charge in [-0.2, -0.15) is 0 Å². The Morgan fingerprint density at radius 2 is 1.67 bits per heavy atom. The quantitative estimate of drug-likeness (QED) is 0.816. The van der Waals surface area contributed by atoms with E-state index in [4.69, 9.17) is 4.74 Å². The third-order valence-corrected chi connectivity index (χ3v) is 3.41. The van der Waals surface area contributed by atoms with E-state index >= 15 is 0 Å². The van der Waals surface area contributed by atoms with Crippen LogP contribution in [0.3, 0.4) is 0 Å². The average molecular weight is 330 g/mol. The summed E-state index contributed by atoms with van der Waals surface area (Å²) in [5.41, 5.74) is 2.25. The molecule has 0 unspecified atom stereocenters. The van der Waals surface area contributed by atoms with Crippen molar-refractivity contribution < 1.29 is 18.7 Å². The molecule has 2 rings (SSSR count). The van der Waals surface area contributed by atoms with E-state index in [-0.39, 0.29) is 12.5 Å². The lowest BCUT2D eigenvalue weighted by molar-refractivity contribution is -0.120. The van der Waals surface area contributed by atoms with Gasteiger partial charge in [0.05, 0.1) is 13.2 Å². The standard InChI is InChI=1S/C18H19FN2O3/c1-24-12-15-5-3-2-4-14(15)10-20-17(22)11-21-18(23)13-6-8-16(19)9-7-13/h2-9H,10-12H2,1H3,(H,20,22)(H,21,23). The number of hydrogen-bond donors (Lipinski definition) is 2. The molecule has 0 aliphatic carbocycles. The van der Waals surface area contributed by atoms with E-state index in [1.54, 1.807) is 7.11 Å². The molecule has 0 fully saturated rings. The van der Waals surface area contributed by atoms with Crippen molar-refractivity contribution in [2.24, 2.45) is 0 Å². The van der Waals surface area contributed by atoms with E-state index < -0.39 is 11.7 Å². The van der Waals surface area contributed by atoms with Gasteiger partial charge in [-0.1, -0.05) is 24.3 Å². The van der Waals surface area contributed by atoms with E-state index in [9.17, 15) is 14.0 Å². The van der Waals surface area contributed by atoms with Gasteiger partial charge in [0.2, 0.25) is 5.91 Å². The van der Waals surface area contributed by atoms with Crippen LogP contribution in [-0.4, -0.2) is 25.5 Å². The first kappa shape index (κ1) is 17.6. The Hall–Kier alpha value is -2.73. The molecule has 126 valence electrons. The zero-order valence-electron chi connectivity index (χ0n) is 13.3. The second-order valence-corrected chi connectivity index (χ2v) is 5.17. The van der Waals surface area contributed by atoms with Crippen LogP contribution < -0.4 is 10.6 Å². The molecule has 2 N–H and O–H groups in total. The van der Waals surface area contributed by atoms with Gasteiger partial charge in [0.15, 0.2) is 0 Å². The molecule has 0 aromatic heterocycles. The lowest BCUT2D eigenvalue weighted by atomic mass is 10.1. The van der Waals surface area contributed by atoms with Gasteiger partial charge in [-0.25, -0.2) is 4.39 Å². The predicted octanol–water partition coefficient (Wildman–Crippen LogP) is 2.02. The summed E-state index contributed by atoms with van der Waals surface area (Å²) in [5.74, 6) is -1.15. The fourth-order valence-electron chi connectivity index (χ4n) is 2.15. The van der Waals surface area contributed by atoms with Crippen LogP contribution in [0.15, 0.2) is 48.5 Å². The monoisotopic (exact) mass is 330 g/mol. The molecule has 0 atom stereocenters. The molecule has 0 spiro atoms. The molecule has 2 aromatic rings. The summed E-state index contributed by atoms with van der Waals surface area (Å²) >= 11 is 0. The Labute approximate surface area is 139 Å². The van der Waals surface area contributed by atoms with Crippen molar-refractivity contribution in [1.29, 1.82) is 0 Å². The van der Waals surface area contributed by atoms with Crippen LogP contribution in [0.2, 0.25) is 0 Å². The topological polar surface area (TPSA) is 67.4 Å². The summed E-state index contributed by atoms with van der Waals surface area (Å²) in [6.45, 7) is 0.667. The predicted molar refractivity (Wildman–Crippen MR) is 87.7 cm³/mol. The van der Waals surface area contributed by atoms with Gasteiger partial charge in [-0.15, -0.1) is 0 Å². The number of halogens is 1. The molecular formula is C18H19FN2O3. The van der Waals surface area contributed by atoms with Crippen LogP contribution in [-0.2, 0) is 22.7 Å². The zero-order chi connectivity index (χ0) is 17.4. The normalized spacial score (nSPS) is 10.2. The molecule has 6 heteroatoms. The number of nitrogens with one attached hydrogen (secondary N) is 2. The van der Waals surface area contributed by atoms with Gasteiger partial charge in [0, 0.05) is 19.2 Å². The third-order valence-electron chi connectivity index (χ3n) is 3.41. The molecule has 0 radical (unpaired) electrons. The van der Waals surface area contributed by atoms with Crippen molar-refractivity contribution in [3.05, 3.63) is 71.0 Å². The third kappa shape index (κ3) is 5.17. The molecular weight excluding hydrogens is 311 g/mol. The van der Waals surface area contributed by atoms with Crippen molar-refractivity contribution in [2.75, 3.05) is 13.7 Å². The molecule has 24 heavy (non-hydrogen) atoms. The first-order chi connectivity index (χ1) is 11.6. The van der Waals surface area contributed by atoms with Crippen LogP contribution in [0, 0.1) is 5.82 Å². The number of hydrogen-bond acceptors (Lipinski definition) is 3. The maximum absolute atomic E-state index is 12.8. The highest BCUT2D eigenvalue weighted by atomic mass is 19.1. The average Bonchev–Trinajstić information content (AvgIpc) is 2.60. The minimum atomic E-state index is -0.426. The fourth-order valence-corrected chi connectivity index (χ4v) is 2.15. The van der Waals surface area contributed by atoms with E-state index in [1.165, 1.54) is 24.3 Å². The number of benzene rings is 2. The Kier molecular flexibility index (Phi) is 6.45. The second kappa shape index (κ2) is 8.79. The van der Waals surface area contributed by atoms with E-state index in [0.29, 0.717) is 18.7 Å². The highest BCUT2D eigenvalue weighted by Crippen LogP contribution is 2.09. The molecule has 0 aliphatic heterocycles. The summed E-state index contributed by atoms with van der Waals surface area (Å²) in [6.07, 6.45) is 0. The minimum Gasteiger partial charge on any atom is -0.380 e. The summed E-state index contributed by atoms with van der Waals surface area (Å²) in [4.78, 5) is 23.7. The van der Waals surface area contributed by atoms with Crippen molar-refractivity contribution in [2.45, 2.75) is 13.2 Å². The smallest absolute Gasteiger partial charge is 0.251 e. The maximum Gasteiger partial charge on any atom is 0.251 e. The molecule has 0 heterocycles. The SMILES string of the molecule is COCc1ccccc1CNC(=O)CNC(=O)c1ccc(F)cc1. The van der Waals surface area contributed by atoms with Crippen molar-refractivity contribution in [1.82, 2.24) is 10.6 Å². The number of carbonyl (C=O) groups is 2. The molecule has 0 saturated carbocycles. The second-order valence-electron chi connectivity index (χ2n) is 5.17. The van der Waals surface area contributed by atoms with Gasteiger partial charge in [0.1, 0.15) is 5.82 Å². The van der Waals surface area contributed by atoms with Gasteiger partial charge >= 0.3 is 0 Å². The van der Waals surface area contributed by atoms with Gasteiger partial charge in [-0.05, 0) is 35.4 Å². The Bertz CT molecular complexity index is 702. The summed E-state index contributed by atoms with van der Waals surface area (Å²) < 4.78 is 17.9. The highest BCUT2D eigenvalue weighted by molar-refractivity contribution is 5.96. The first-order valence-electron chi connectivity index (χ1n) is 7.46. The van der Waals surface area contributed by atoms with Crippen molar-refractivity contribution >= 4 is 11.8 Å². The van der Waals surface area contributed by atoms with Gasteiger partial charge in [0.25, 0.3) is 5.91 Å². The van der Waals surface area contributed by atoms with Crippen LogP contribution in [0.25, 0.3) is 0 Å². The molecule has 0 saturated heterocycles. The van der Waals surface area contributed by atoms with E-state index in [0.717, 1.165) is 11.1 Å². The summed E-state index contributed by atoms with van der Waals surface area (Å²) in [6, 6.07) is 12.8. The van der Waals surface area contributed by atoms with Crippen molar-refractivity contribution in [3.8, 4) is 0 Å². The molecule has 5 nitrogen and oxygen atoms in total. The molecule has 2 aromatic carbocycles. The number of amides is 2. The number of rotatable bonds is 7. The Balaban J connectivity index is 1.81. The number of ether oxygens (including phenoxy) is 1. The van der Waals surface area contributed by atoms with E-state index in [2.05, 4.69) is 10.6 Å². The Morgan fingerprint density at radius 1 is 1.00 bits per heavy atom. The summed E-state index contributed by atoms with van der Waals surface area (Å²) in [5, 5.41) is 5.24. The maximum atomic E-state index is 12.8. The highest BCUT2D eigenvalue weighted by Gasteiger charge is 2.09. The molecule has 0 bridgehead atoms. The fraction of sp³-hybridized carbons (Fsp3) is 0.222. The van der Waals surface area contributed by atoms with Crippen LogP contribution in [0.5, 0.6) is 0 Å². The molecule has 0 aliphatic rings. The van der Waals surface area contributed by atoms with Crippen LogP contribution in [0.1, 0.15) is 21.5 Å². The lowest BCUT2D eigenvalue weighted by Gasteiger charge is -2.10. The van der Waals surface area contributed by atoms with Gasteiger partial charge < -0.3 is 15.4 Å². The molecule has 2 amide bonds. The van der Waals surface area contributed by atoms with Crippen molar-refractivity contribution in [3.63, 3.8) is 0 Å². The lowest BCUT2D eigenvalue weighted by Crippen LogP contribution is -2.36. The Morgan fingerprint density at radius 3 is 2.33 bits per heavy atom. The first-order valence-corrected chi connectivity index (χ1v) is 7.46. The van der Waals surface area contributed by atoms with Crippen LogP contribution >= 0.6 is 0 Å². The zero-order valence-corrected chi connectivity index (χ0v) is 13.3. The van der Waals surface area contributed by atoms with Crippen LogP contribution in [0.4, 0.5) is 4.39 Å². The minimum absolute atomic E-state index is 0.150. The van der Waals surface area contributed by atoms with Gasteiger partial charge in [-0.3, -0.25) is 9.59 Å². The summed E-state index contributed by atoms with van der Waals surface area (Å²) in [7, 11) is 1.61. The number of methoxy groups -OCH3 is 1. The van der Waals surface area contributed by atoms with E-state index in [1.807, 2.05) is 24.3 Å². The number of carbonyl (C=O) groups excluding carboxylic acids is 2. The largest absolute Gasteiger partial charge is 0.380 e.